The highest BCUT2D eigenvalue weighted by atomic mass is 16.8. The zero-order valence-corrected chi connectivity index (χ0v) is 22.6. The first kappa shape index (κ1) is 24.1. The van der Waals surface area contributed by atoms with Crippen LogP contribution >= 0.6 is 0 Å². The summed E-state index contributed by atoms with van der Waals surface area (Å²) in [5.74, 6) is 3.66. The lowest BCUT2D eigenvalue weighted by molar-refractivity contribution is -0.158. The summed E-state index contributed by atoms with van der Waals surface area (Å²) in [6, 6.07) is 11.3. The average Bonchev–Trinajstić information content (AvgIpc) is 3.45. The van der Waals surface area contributed by atoms with Crippen LogP contribution in [-0.4, -0.2) is 59.1 Å². The normalized spacial score (nSPS) is 27.5. The summed E-state index contributed by atoms with van der Waals surface area (Å²) >= 11 is 0. The Labute approximate surface area is 224 Å². The standard InChI is InChI=1S/C30H38N6O2/c1-30(2)37-26-21(15-24(27(26)38-30)36-13-12-22-28(31-3)33-17-34-29(22)36)9-7-18-6-8-20-10-11-25(35-23(20)14-18)32-16-19-4-5-19/h6,8,10-11,14,17,19,21,24,26-27H,4-5,7,9,12-13,15-16H2,1-3H3,(H,32,35)(H,31,33,34)/t21-,24+,26+,27-/m0/s1. The van der Waals surface area contributed by atoms with Crippen LogP contribution in [0.1, 0.15) is 50.7 Å². The summed E-state index contributed by atoms with van der Waals surface area (Å²) in [7, 11) is 1.93. The van der Waals surface area contributed by atoms with Gasteiger partial charge in [0.15, 0.2) is 5.79 Å². The molecule has 200 valence electrons. The van der Waals surface area contributed by atoms with E-state index >= 15 is 0 Å². The van der Waals surface area contributed by atoms with Crippen molar-refractivity contribution >= 4 is 28.4 Å². The van der Waals surface area contributed by atoms with Crippen molar-refractivity contribution in [3.63, 3.8) is 0 Å². The van der Waals surface area contributed by atoms with Crippen molar-refractivity contribution in [2.75, 3.05) is 35.7 Å². The largest absolute Gasteiger partial charge is 0.373 e. The summed E-state index contributed by atoms with van der Waals surface area (Å²) < 4.78 is 13.0. The SMILES string of the molecule is CNc1ncnc2c1CCN2[C@@H]1C[C@H](CCc2ccc3ccc(NCC4CC4)nc3c2)[C@H]2OC(C)(C)O[C@H]21. The molecule has 8 heteroatoms. The van der Waals surface area contributed by atoms with Crippen molar-refractivity contribution in [2.45, 2.75) is 76.4 Å². The van der Waals surface area contributed by atoms with Gasteiger partial charge in [0.25, 0.3) is 0 Å². The van der Waals surface area contributed by atoms with E-state index in [1.807, 2.05) is 20.9 Å². The smallest absolute Gasteiger partial charge is 0.163 e. The fourth-order valence-electron chi connectivity index (χ4n) is 6.74. The van der Waals surface area contributed by atoms with Gasteiger partial charge in [-0.1, -0.05) is 12.1 Å². The zero-order valence-electron chi connectivity index (χ0n) is 22.6. The monoisotopic (exact) mass is 514 g/mol. The van der Waals surface area contributed by atoms with Crippen LogP contribution in [0.3, 0.4) is 0 Å². The van der Waals surface area contributed by atoms with Crippen LogP contribution < -0.4 is 15.5 Å². The van der Waals surface area contributed by atoms with Crippen LogP contribution in [0.25, 0.3) is 10.9 Å². The topological polar surface area (TPSA) is 84.4 Å². The Morgan fingerprint density at radius 2 is 1.92 bits per heavy atom. The summed E-state index contributed by atoms with van der Waals surface area (Å²) in [6.07, 6.45) is 8.57. The van der Waals surface area contributed by atoms with Gasteiger partial charge >= 0.3 is 0 Å². The minimum atomic E-state index is -0.562. The molecule has 0 spiro atoms. The predicted molar refractivity (Wildman–Crippen MR) is 150 cm³/mol. The molecule has 0 unspecified atom stereocenters. The van der Waals surface area contributed by atoms with E-state index in [0.717, 1.165) is 67.7 Å². The number of anilines is 3. The predicted octanol–water partition coefficient (Wildman–Crippen LogP) is 4.79. The molecule has 2 N–H and O–H groups in total. The molecule has 38 heavy (non-hydrogen) atoms. The van der Waals surface area contributed by atoms with Crippen LogP contribution in [-0.2, 0) is 22.3 Å². The molecule has 1 saturated heterocycles. The third-order valence-corrected chi connectivity index (χ3v) is 8.82. The quantitative estimate of drug-likeness (QED) is 0.444. The van der Waals surface area contributed by atoms with Gasteiger partial charge in [-0.15, -0.1) is 0 Å². The molecule has 2 aliphatic carbocycles. The van der Waals surface area contributed by atoms with Gasteiger partial charge in [0.05, 0.1) is 17.7 Å². The maximum atomic E-state index is 6.53. The number of aromatic nitrogens is 3. The Morgan fingerprint density at radius 3 is 2.76 bits per heavy atom. The molecule has 1 aromatic carbocycles. The summed E-state index contributed by atoms with van der Waals surface area (Å²) in [5, 5.41) is 7.94. The molecule has 0 bridgehead atoms. The highest BCUT2D eigenvalue weighted by Crippen LogP contribution is 2.47. The second-order valence-electron chi connectivity index (χ2n) is 11.9. The van der Waals surface area contributed by atoms with Crippen LogP contribution in [0, 0.1) is 11.8 Å². The number of aryl methyl sites for hydroxylation is 1. The van der Waals surface area contributed by atoms with E-state index in [2.05, 4.69) is 50.8 Å². The van der Waals surface area contributed by atoms with Crippen LogP contribution in [0.15, 0.2) is 36.7 Å². The Morgan fingerprint density at radius 1 is 1.08 bits per heavy atom. The van der Waals surface area contributed by atoms with Gasteiger partial charge in [0.1, 0.15) is 29.9 Å². The Bertz CT molecular complexity index is 1340. The van der Waals surface area contributed by atoms with E-state index in [0.29, 0.717) is 5.92 Å². The highest BCUT2D eigenvalue weighted by Gasteiger charge is 2.56. The molecule has 3 aromatic rings. The van der Waals surface area contributed by atoms with Gasteiger partial charge in [-0.3, -0.25) is 0 Å². The zero-order chi connectivity index (χ0) is 25.9. The van der Waals surface area contributed by atoms with Crippen molar-refractivity contribution in [3.8, 4) is 0 Å². The summed E-state index contributed by atoms with van der Waals surface area (Å²) in [5.41, 5.74) is 3.61. The fraction of sp³-hybridized carbons (Fsp3) is 0.567. The highest BCUT2D eigenvalue weighted by molar-refractivity contribution is 5.81. The number of benzene rings is 1. The summed E-state index contributed by atoms with van der Waals surface area (Å²) in [6.45, 7) is 6.07. The molecule has 3 fully saturated rings. The minimum absolute atomic E-state index is 0.0484. The van der Waals surface area contributed by atoms with Crippen molar-refractivity contribution in [1.82, 2.24) is 15.0 Å². The van der Waals surface area contributed by atoms with E-state index < -0.39 is 5.79 Å². The van der Waals surface area contributed by atoms with E-state index in [1.54, 1.807) is 6.33 Å². The number of hydrogen-bond donors (Lipinski definition) is 2. The van der Waals surface area contributed by atoms with Crippen molar-refractivity contribution in [3.05, 3.63) is 47.8 Å². The number of fused-ring (bicyclic) bond motifs is 3. The van der Waals surface area contributed by atoms with E-state index in [9.17, 15) is 0 Å². The lowest BCUT2D eigenvalue weighted by atomic mass is 9.95. The third-order valence-electron chi connectivity index (χ3n) is 8.82. The molecule has 8 nitrogen and oxygen atoms in total. The summed E-state index contributed by atoms with van der Waals surface area (Å²) in [4.78, 5) is 16.5. The number of rotatable bonds is 8. The number of ether oxygens (including phenoxy) is 2. The lowest BCUT2D eigenvalue weighted by Gasteiger charge is -2.31. The van der Waals surface area contributed by atoms with Gasteiger partial charge in [-0.25, -0.2) is 15.0 Å². The second kappa shape index (κ2) is 9.35. The number of nitrogens with zero attached hydrogens (tertiary/aromatic N) is 4. The van der Waals surface area contributed by atoms with Crippen molar-refractivity contribution in [1.29, 1.82) is 0 Å². The number of pyridine rings is 1. The molecular weight excluding hydrogens is 476 g/mol. The molecule has 2 aromatic heterocycles. The molecule has 0 radical (unpaired) electrons. The van der Waals surface area contributed by atoms with Gasteiger partial charge in [-0.2, -0.15) is 0 Å². The molecule has 2 aliphatic heterocycles. The number of hydrogen-bond acceptors (Lipinski definition) is 8. The van der Waals surface area contributed by atoms with Crippen LogP contribution in [0.4, 0.5) is 17.5 Å². The second-order valence-corrected chi connectivity index (χ2v) is 11.9. The lowest BCUT2D eigenvalue weighted by Crippen LogP contribution is -2.43. The van der Waals surface area contributed by atoms with Gasteiger partial charge in [-0.05, 0) is 88.0 Å². The van der Waals surface area contributed by atoms with E-state index in [4.69, 9.17) is 19.4 Å². The van der Waals surface area contributed by atoms with Crippen LogP contribution in [0.2, 0.25) is 0 Å². The van der Waals surface area contributed by atoms with Crippen LogP contribution in [0.5, 0.6) is 0 Å². The maximum absolute atomic E-state index is 6.53. The number of nitrogens with one attached hydrogen (secondary N) is 2. The first-order valence-electron chi connectivity index (χ1n) is 14.2. The maximum Gasteiger partial charge on any atom is 0.163 e. The third kappa shape index (κ3) is 4.47. The fourth-order valence-corrected chi connectivity index (χ4v) is 6.74. The Hall–Kier alpha value is -2.97. The van der Waals surface area contributed by atoms with Gasteiger partial charge in [0, 0.05) is 31.1 Å². The molecule has 0 amide bonds. The molecule has 4 heterocycles. The van der Waals surface area contributed by atoms with Crippen molar-refractivity contribution < 1.29 is 9.47 Å². The molecule has 7 rings (SSSR count). The average molecular weight is 515 g/mol. The van der Waals surface area contributed by atoms with Gasteiger partial charge in [0.2, 0.25) is 0 Å². The first-order chi connectivity index (χ1) is 18.5. The minimum Gasteiger partial charge on any atom is -0.373 e. The Kier molecular flexibility index (Phi) is 5.93. The molecule has 4 atom stereocenters. The Balaban J connectivity index is 1.08. The van der Waals surface area contributed by atoms with E-state index in [-0.39, 0.29) is 18.2 Å². The molecular formula is C30H38N6O2. The van der Waals surface area contributed by atoms with E-state index in [1.165, 1.54) is 29.4 Å². The molecule has 4 aliphatic rings. The van der Waals surface area contributed by atoms with Gasteiger partial charge < -0.3 is 25.0 Å². The van der Waals surface area contributed by atoms with Crippen molar-refractivity contribution in [2.24, 2.45) is 11.8 Å². The first-order valence-corrected chi connectivity index (χ1v) is 14.2. The molecule has 2 saturated carbocycles.